The fourth-order valence-electron chi connectivity index (χ4n) is 1.95. The van der Waals surface area contributed by atoms with Crippen molar-refractivity contribution in [2.45, 2.75) is 47.0 Å². The van der Waals surface area contributed by atoms with Crippen molar-refractivity contribution in [3.05, 3.63) is 0 Å². The summed E-state index contributed by atoms with van der Waals surface area (Å²) in [5.41, 5.74) is 0.548. The summed E-state index contributed by atoms with van der Waals surface area (Å²) in [6, 6.07) is 0. The molecule has 1 heteroatoms. The fraction of sp³-hybridized carbons (Fsp3) is 1.00. The van der Waals surface area contributed by atoms with Crippen LogP contribution in [0.15, 0.2) is 0 Å². The molecule has 0 N–H and O–H groups in total. The first-order valence-electron chi connectivity index (χ1n) is 5.07. The van der Waals surface area contributed by atoms with E-state index in [-0.39, 0.29) is 0 Å². The molecular weight excluding hydrogens is 164 g/mol. The molecule has 0 aromatic heterocycles. The maximum absolute atomic E-state index is 2.42. The van der Waals surface area contributed by atoms with Gasteiger partial charge < -0.3 is 0 Å². The SMILES string of the molecule is CCCC(C)(C)C(CC)CSC. The maximum atomic E-state index is 2.42. The first-order valence-corrected chi connectivity index (χ1v) is 6.46. The molecule has 0 aliphatic heterocycles. The molecule has 0 rings (SSSR count). The van der Waals surface area contributed by atoms with Crippen LogP contribution >= 0.6 is 11.8 Å². The summed E-state index contributed by atoms with van der Waals surface area (Å²) in [4.78, 5) is 0. The molecule has 0 aromatic rings. The van der Waals surface area contributed by atoms with Gasteiger partial charge in [0.2, 0.25) is 0 Å². The van der Waals surface area contributed by atoms with E-state index in [1.54, 1.807) is 0 Å². The summed E-state index contributed by atoms with van der Waals surface area (Å²) in [6.07, 6.45) is 6.22. The molecule has 0 radical (unpaired) electrons. The van der Waals surface area contributed by atoms with E-state index < -0.39 is 0 Å². The summed E-state index contributed by atoms with van der Waals surface area (Å²) < 4.78 is 0. The summed E-state index contributed by atoms with van der Waals surface area (Å²) >= 11 is 1.99. The van der Waals surface area contributed by atoms with Gasteiger partial charge in [-0.15, -0.1) is 0 Å². The third-order valence-corrected chi connectivity index (χ3v) is 3.60. The predicted octanol–water partition coefficient (Wildman–Crippen LogP) is 4.20. The van der Waals surface area contributed by atoms with Gasteiger partial charge in [-0.2, -0.15) is 11.8 Å². The zero-order chi connectivity index (χ0) is 9.61. The van der Waals surface area contributed by atoms with Crippen molar-refractivity contribution in [3.63, 3.8) is 0 Å². The predicted molar refractivity (Wildman–Crippen MR) is 60.9 cm³/mol. The lowest BCUT2D eigenvalue weighted by Gasteiger charge is -2.33. The van der Waals surface area contributed by atoms with Crippen molar-refractivity contribution in [2.75, 3.05) is 12.0 Å². The van der Waals surface area contributed by atoms with Crippen molar-refractivity contribution < 1.29 is 0 Å². The Labute approximate surface area is 82.5 Å². The minimum absolute atomic E-state index is 0.548. The van der Waals surface area contributed by atoms with Crippen LogP contribution in [-0.4, -0.2) is 12.0 Å². The Morgan fingerprint density at radius 3 is 2.17 bits per heavy atom. The first-order chi connectivity index (χ1) is 5.58. The third-order valence-electron chi connectivity index (χ3n) is 2.86. The third kappa shape index (κ3) is 3.84. The zero-order valence-electron chi connectivity index (χ0n) is 9.31. The van der Waals surface area contributed by atoms with Gasteiger partial charge in [0.25, 0.3) is 0 Å². The van der Waals surface area contributed by atoms with Crippen LogP contribution in [0.1, 0.15) is 47.0 Å². The van der Waals surface area contributed by atoms with Gasteiger partial charge in [-0.05, 0) is 29.8 Å². The first kappa shape index (κ1) is 12.3. The molecular formula is C11H24S. The highest BCUT2D eigenvalue weighted by atomic mass is 32.2. The zero-order valence-corrected chi connectivity index (χ0v) is 10.1. The van der Waals surface area contributed by atoms with Gasteiger partial charge in [-0.1, -0.05) is 40.5 Å². The van der Waals surface area contributed by atoms with Crippen LogP contribution in [0.3, 0.4) is 0 Å². The highest BCUT2D eigenvalue weighted by molar-refractivity contribution is 7.98. The lowest BCUT2D eigenvalue weighted by molar-refractivity contribution is 0.208. The van der Waals surface area contributed by atoms with Crippen molar-refractivity contribution in [3.8, 4) is 0 Å². The quantitative estimate of drug-likeness (QED) is 0.602. The lowest BCUT2D eigenvalue weighted by atomic mass is 9.75. The lowest BCUT2D eigenvalue weighted by Crippen LogP contribution is -2.25. The van der Waals surface area contributed by atoms with Gasteiger partial charge in [-0.3, -0.25) is 0 Å². The molecule has 12 heavy (non-hydrogen) atoms. The smallest absolute Gasteiger partial charge is 0.00369 e. The second-order valence-electron chi connectivity index (χ2n) is 4.30. The van der Waals surface area contributed by atoms with Crippen LogP contribution < -0.4 is 0 Å². The van der Waals surface area contributed by atoms with Crippen LogP contribution in [0.5, 0.6) is 0 Å². The van der Waals surface area contributed by atoms with E-state index in [0.717, 1.165) is 5.92 Å². The standard InChI is InChI=1S/C11H24S/c1-6-8-11(3,4)10(7-2)9-12-5/h10H,6-9H2,1-5H3. The topological polar surface area (TPSA) is 0 Å². The number of hydrogen-bond donors (Lipinski definition) is 0. The summed E-state index contributed by atoms with van der Waals surface area (Å²) in [6.45, 7) is 9.44. The van der Waals surface area contributed by atoms with Crippen LogP contribution in [0.2, 0.25) is 0 Å². The minimum Gasteiger partial charge on any atom is -0.165 e. The summed E-state index contributed by atoms with van der Waals surface area (Å²) in [5.74, 6) is 2.22. The largest absolute Gasteiger partial charge is 0.165 e. The molecule has 0 fully saturated rings. The van der Waals surface area contributed by atoms with Crippen LogP contribution in [0.25, 0.3) is 0 Å². The normalized spacial score (nSPS) is 14.8. The molecule has 0 amide bonds. The van der Waals surface area contributed by atoms with E-state index in [0.29, 0.717) is 5.41 Å². The van der Waals surface area contributed by atoms with Gasteiger partial charge in [0.15, 0.2) is 0 Å². The monoisotopic (exact) mass is 188 g/mol. The van der Waals surface area contributed by atoms with Gasteiger partial charge in [0, 0.05) is 0 Å². The number of thioether (sulfide) groups is 1. The molecule has 0 aliphatic carbocycles. The molecule has 0 aliphatic rings. The molecule has 74 valence electrons. The number of hydrogen-bond acceptors (Lipinski definition) is 1. The molecule has 0 aromatic carbocycles. The van der Waals surface area contributed by atoms with Crippen molar-refractivity contribution >= 4 is 11.8 Å². The van der Waals surface area contributed by atoms with E-state index in [1.165, 1.54) is 25.0 Å². The molecule has 1 unspecified atom stereocenters. The van der Waals surface area contributed by atoms with Crippen LogP contribution in [0, 0.1) is 11.3 Å². The Kier molecular flexibility index (Phi) is 6.08. The van der Waals surface area contributed by atoms with Crippen molar-refractivity contribution in [2.24, 2.45) is 11.3 Å². The Bertz CT molecular complexity index is 108. The fourth-order valence-corrected chi connectivity index (χ4v) is 3.03. The van der Waals surface area contributed by atoms with Gasteiger partial charge in [0.1, 0.15) is 0 Å². The highest BCUT2D eigenvalue weighted by Crippen LogP contribution is 2.35. The van der Waals surface area contributed by atoms with Gasteiger partial charge >= 0.3 is 0 Å². The molecule has 0 spiro atoms. The Balaban J connectivity index is 4.05. The molecule has 0 bridgehead atoms. The van der Waals surface area contributed by atoms with Gasteiger partial charge in [0.05, 0.1) is 0 Å². The summed E-state index contributed by atoms with van der Waals surface area (Å²) in [7, 11) is 0. The average Bonchev–Trinajstić information content (AvgIpc) is 1.99. The molecule has 0 heterocycles. The second-order valence-corrected chi connectivity index (χ2v) is 5.21. The Morgan fingerprint density at radius 2 is 1.83 bits per heavy atom. The van der Waals surface area contributed by atoms with Crippen molar-refractivity contribution in [1.82, 2.24) is 0 Å². The van der Waals surface area contributed by atoms with E-state index in [1.807, 2.05) is 11.8 Å². The van der Waals surface area contributed by atoms with E-state index in [4.69, 9.17) is 0 Å². The Morgan fingerprint density at radius 1 is 1.25 bits per heavy atom. The van der Waals surface area contributed by atoms with E-state index in [2.05, 4.69) is 34.0 Å². The van der Waals surface area contributed by atoms with Crippen LogP contribution in [0.4, 0.5) is 0 Å². The molecule has 0 saturated heterocycles. The number of rotatable bonds is 6. The van der Waals surface area contributed by atoms with E-state index in [9.17, 15) is 0 Å². The molecule has 0 saturated carbocycles. The van der Waals surface area contributed by atoms with Crippen LogP contribution in [-0.2, 0) is 0 Å². The second kappa shape index (κ2) is 5.90. The van der Waals surface area contributed by atoms with Crippen molar-refractivity contribution in [1.29, 1.82) is 0 Å². The molecule has 0 nitrogen and oxygen atoms in total. The van der Waals surface area contributed by atoms with E-state index >= 15 is 0 Å². The molecule has 1 atom stereocenters. The Hall–Kier alpha value is 0.350. The maximum Gasteiger partial charge on any atom is -0.00369 e. The highest BCUT2D eigenvalue weighted by Gasteiger charge is 2.26. The minimum atomic E-state index is 0.548. The summed E-state index contributed by atoms with van der Waals surface area (Å²) in [5, 5.41) is 0. The average molecular weight is 188 g/mol. The van der Waals surface area contributed by atoms with Gasteiger partial charge in [-0.25, -0.2) is 0 Å².